The largest absolute Gasteiger partial charge is 0.465 e. The summed E-state index contributed by atoms with van der Waals surface area (Å²) in [6.45, 7) is 0.774. The lowest BCUT2D eigenvalue weighted by atomic mass is 9.82. The quantitative estimate of drug-likeness (QED) is 0.885. The van der Waals surface area contributed by atoms with Gasteiger partial charge in [0.15, 0.2) is 0 Å². The van der Waals surface area contributed by atoms with Crippen molar-refractivity contribution in [3.8, 4) is 11.1 Å². The number of carbonyl (C=O) groups is 1. The Labute approximate surface area is 131 Å². The molecule has 0 radical (unpaired) electrons. The number of carbonyl (C=O) groups excluding carboxylic acids is 1. The van der Waals surface area contributed by atoms with Gasteiger partial charge < -0.3 is 10.5 Å². The topological polar surface area (TPSA) is 52.3 Å². The molecule has 0 aliphatic heterocycles. The number of ether oxygens (including phenoxy) is 1. The van der Waals surface area contributed by atoms with Crippen LogP contribution in [0.3, 0.4) is 0 Å². The van der Waals surface area contributed by atoms with Crippen molar-refractivity contribution < 1.29 is 9.53 Å². The van der Waals surface area contributed by atoms with E-state index < -0.39 is 0 Å². The van der Waals surface area contributed by atoms with E-state index in [0.29, 0.717) is 11.5 Å². The summed E-state index contributed by atoms with van der Waals surface area (Å²) < 4.78 is 4.73. The Morgan fingerprint density at radius 2 is 1.86 bits per heavy atom. The van der Waals surface area contributed by atoms with Crippen molar-refractivity contribution in [2.24, 2.45) is 11.7 Å². The summed E-state index contributed by atoms with van der Waals surface area (Å²) in [5.41, 5.74) is 11.5. The molecule has 0 bridgehead atoms. The molecule has 1 aliphatic carbocycles. The minimum Gasteiger partial charge on any atom is -0.465 e. The van der Waals surface area contributed by atoms with Gasteiger partial charge in [0.05, 0.1) is 12.7 Å². The zero-order valence-corrected chi connectivity index (χ0v) is 12.8. The zero-order valence-electron chi connectivity index (χ0n) is 12.8. The number of hydrogen-bond donors (Lipinski definition) is 1. The third-order valence-electron chi connectivity index (χ3n) is 4.51. The van der Waals surface area contributed by atoms with Gasteiger partial charge in [-0.25, -0.2) is 4.79 Å². The maximum Gasteiger partial charge on any atom is 0.337 e. The predicted octanol–water partition coefficient (Wildman–Crippen LogP) is 3.20. The van der Waals surface area contributed by atoms with E-state index >= 15 is 0 Å². The molecular weight excluding hydrogens is 274 g/mol. The molecule has 0 fully saturated rings. The highest BCUT2D eigenvalue weighted by atomic mass is 16.5. The molecule has 2 N–H and O–H groups in total. The summed E-state index contributed by atoms with van der Waals surface area (Å²) >= 11 is 0. The van der Waals surface area contributed by atoms with E-state index in [-0.39, 0.29) is 5.97 Å². The Kier molecular flexibility index (Phi) is 4.25. The smallest absolute Gasteiger partial charge is 0.337 e. The molecule has 3 nitrogen and oxygen atoms in total. The van der Waals surface area contributed by atoms with Gasteiger partial charge in [0.2, 0.25) is 0 Å². The molecule has 2 aromatic carbocycles. The average Bonchev–Trinajstić information content (AvgIpc) is 2.60. The molecule has 2 aromatic rings. The Morgan fingerprint density at radius 3 is 2.55 bits per heavy atom. The van der Waals surface area contributed by atoms with Crippen LogP contribution < -0.4 is 5.73 Å². The van der Waals surface area contributed by atoms with Crippen LogP contribution in [0.1, 0.15) is 27.9 Å². The van der Waals surface area contributed by atoms with E-state index in [2.05, 4.69) is 18.2 Å². The van der Waals surface area contributed by atoms with E-state index in [1.807, 2.05) is 24.3 Å². The van der Waals surface area contributed by atoms with Crippen LogP contribution in [-0.4, -0.2) is 19.6 Å². The Bertz CT molecular complexity index is 676. The number of aryl methyl sites for hydroxylation is 1. The third kappa shape index (κ3) is 2.90. The van der Waals surface area contributed by atoms with Gasteiger partial charge in [0.1, 0.15) is 0 Å². The molecule has 3 rings (SSSR count). The summed E-state index contributed by atoms with van der Waals surface area (Å²) in [7, 11) is 1.40. The van der Waals surface area contributed by atoms with E-state index in [4.69, 9.17) is 10.5 Å². The van der Waals surface area contributed by atoms with Crippen molar-refractivity contribution in [3.05, 3.63) is 59.2 Å². The molecule has 22 heavy (non-hydrogen) atoms. The molecule has 0 spiro atoms. The summed E-state index contributed by atoms with van der Waals surface area (Å²) in [6.07, 6.45) is 3.37. The van der Waals surface area contributed by atoms with Crippen LogP contribution in [0.4, 0.5) is 0 Å². The number of methoxy groups -OCH3 is 1. The Morgan fingerprint density at radius 1 is 1.14 bits per heavy atom. The fraction of sp³-hybridized carbons (Fsp3) is 0.316. The van der Waals surface area contributed by atoms with Crippen molar-refractivity contribution in [2.45, 2.75) is 19.3 Å². The first kappa shape index (κ1) is 14.8. The van der Waals surface area contributed by atoms with E-state index in [1.165, 1.54) is 30.2 Å². The predicted molar refractivity (Wildman–Crippen MR) is 87.8 cm³/mol. The van der Waals surface area contributed by atoms with Crippen LogP contribution in [0.25, 0.3) is 11.1 Å². The summed E-state index contributed by atoms with van der Waals surface area (Å²) in [6, 6.07) is 14.2. The molecule has 0 aromatic heterocycles. The number of esters is 1. The highest BCUT2D eigenvalue weighted by Gasteiger charge is 2.17. The van der Waals surface area contributed by atoms with Gasteiger partial charge in [0.25, 0.3) is 0 Å². The summed E-state index contributed by atoms with van der Waals surface area (Å²) in [5.74, 6) is 0.322. The highest BCUT2D eigenvalue weighted by molar-refractivity contribution is 5.90. The van der Waals surface area contributed by atoms with Crippen molar-refractivity contribution in [3.63, 3.8) is 0 Å². The van der Waals surface area contributed by atoms with E-state index in [0.717, 1.165) is 24.9 Å². The van der Waals surface area contributed by atoms with E-state index in [9.17, 15) is 4.79 Å². The standard InChI is InChI=1S/C19H21NO2/c1-22-19(21)15-6-4-14(5-7-15)17-9-8-16-10-13(12-20)2-3-18(16)11-17/h4-9,11,13H,2-3,10,12,20H2,1H3/t13-/m0/s1. The van der Waals surface area contributed by atoms with Gasteiger partial charge in [-0.2, -0.15) is 0 Å². The van der Waals surface area contributed by atoms with Crippen LogP contribution in [-0.2, 0) is 17.6 Å². The van der Waals surface area contributed by atoms with Crippen LogP contribution in [0, 0.1) is 5.92 Å². The molecule has 0 unspecified atom stereocenters. The Balaban J connectivity index is 1.85. The van der Waals surface area contributed by atoms with Gasteiger partial charge in [-0.15, -0.1) is 0 Å². The first-order valence-corrected chi connectivity index (χ1v) is 7.72. The normalized spacial score (nSPS) is 16.9. The van der Waals surface area contributed by atoms with Gasteiger partial charge in [0, 0.05) is 0 Å². The molecule has 0 heterocycles. The van der Waals surface area contributed by atoms with Gasteiger partial charge in [-0.3, -0.25) is 0 Å². The summed E-state index contributed by atoms with van der Waals surface area (Å²) in [4.78, 5) is 11.5. The SMILES string of the molecule is COC(=O)c1ccc(-c2ccc3c(c2)CC[C@H](CN)C3)cc1. The molecular formula is C19H21NO2. The third-order valence-corrected chi connectivity index (χ3v) is 4.51. The van der Waals surface area contributed by atoms with Gasteiger partial charge in [-0.1, -0.05) is 30.3 Å². The zero-order chi connectivity index (χ0) is 15.5. The second kappa shape index (κ2) is 6.32. The molecule has 0 amide bonds. The minimum atomic E-state index is -0.301. The fourth-order valence-electron chi connectivity index (χ4n) is 3.13. The van der Waals surface area contributed by atoms with Crippen LogP contribution >= 0.6 is 0 Å². The van der Waals surface area contributed by atoms with Crippen molar-refractivity contribution >= 4 is 5.97 Å². The minimum absolute atomic E-state index is 0.301. The average molecular weight is 295 g/mol. The van der Waals surface area contributed by atoms with Crippen LogP contribution in [0.15, 0.2) is 42.5 Å². The number of hydrogen-bond acceptors (Lipinski definition) is 3. The fourth-order valence-corrected chi connectivity index (χ4v) is 3.13. The van der Waals surface area contributed by atoms with Crippen molar-refractivity contribution in [2.75, 3.05) is 13.7 Å². The molecule has 0 saturated carbocycles. The lowest BCUT2D eigenvalue weighted by Crippen LogP contribution is -2.22. The monoisotopic (exact) mass is 295 g/mol. The Hall–Kier alpha value is -2.13. The molecule has 114 valence electrons. The number of benzene rings is 2. The second-order valence-corrected chi connectivity index (χ2v) is 5.90. The van der Waals surface area contributed by atoms with Crippen molar-refractivity contribution in [1.82, 2.24) is 0 Å². The first-order chi connectivity index (χ1) is 10.7. The lowest BCUT2D eigenvalue weighted by molar-refractivity contribution is 0.0601. The van der Waals surface area contributed by atoms with Crippen LogP contribution in [0.2, 0.25) is 0 Å². The summed E-state index contributed by atoms with van der Waals surface area (Å²) in [5, 5.41) is 0. The second-order valence-electron chi connectivity index (χ2n) is 5.90. The maximum atomic E-state index is 11.5. The van der Waals surface area contributed by atoms with Crippen molar-refractivity contribution in [1.29, 1.82) is 0 Å². The number of nitrogens with two attached hydrogens (primary N) is 1. The van der Waals surface area contributed by atoms with Gasteiger partial charge in [-0.05, 0) is 66.1 Å². The van der Waals surface area contributed by atoms with Gasteiger partial charge >= 0.3 is 5.97 Å². The number of fused-ring (bicyclic) bond motifs is 1. The molecule has 1 atom stereocenters. The van der Waals surface area contributed by atoms with Crippen LogP contribution in [0.5, 0.6) is 0 Å². The molecule has 3 heteroatoms. The lowest BCUT2D eigenvalue weighted by Gasteiger charge is -2.24. The maximum absolute atomic E-state index is 11.5. The molecule has 1 aliphatic rings. The number of rotatable bonds is 3. The van der Waals surface area contributed by atoms with E-state index in [1.54, 1.807) is 0 Å². The first-order valence-electron chi connectivity index (χ1n) is 7.72. The highest BCUT2D eigenvalue weighted by Crippen LogP contribution is 2.29. The molecule has 0 saturated heterocycles.